The molecule has 0 radical (unpaired) electrons. The monoisotopic (exact) mass is 373 g/mol. The number of likely N-dealkylation sites (N-methyl/N-ethyl adjacent to an activating group) is 1. The summed E-state index contributed by atoms with van der Waals surface area (Å²) in [5.41, 5.74) is 1.53. The van der Waals surface area contributed by atoms with E-state index in [-0.39, 0.29) is 24.9 Å². The van der Waals surface area contributed by atoms with Crippen molar-refractivity contribution in [3.05, 3.63) is 59.1 Å². The van der Waals surface area contributed by atoms with Gasteiger partial charge in [0.25, 0.3) is 0 Å². The Bertz CT molecular complexity index is 813. The number of rotatable bonds is 5. The van der Waals surface area contributed by atoms with Crippen LogP contribution < -0.4 is 10.1 Å². The molecule has 1 aliphatic heterocycles. The molecule has 1 N–H and O–H groups in total. The molecular weight excluding hydrogens is 354 g/mol. The molecular formula is C19H20ClN3O3. The number of nitrogens with zero attached hydrogens (tertiary/aromatic N) is 2. The quantitative estimate of drug-likeness (QED) is 0.875. The Hall–Kier alpha value is -2.73. The molecule has 1 fully saturated rings. The molecule has 1 aliphatic rings. The molecule has 7 heteroatoms. The van der Waals surface area contributed by atoms with Gasteiger partial charge in [-0.1, -0.05) is 41.9 Å². The van der Waals surface area contributed by atoms with E-state index in [0.717, 1.165) is 5.56 Å². The number of ether oxygens (including phenoxy) is 1. The molecule has 1 atom stereocenters. The molecule has 1 saturated heterocycles. The average Bonchev–Trinajstić information content (AvgIpc) is 2.95. The van der Waals surface area contributed by atoms with Gasteiger partial charge in [-0.05, 0) is 23.8 Å². The van der Waals surface area contributed by atoms with Crippen molar-refractivity contribution in [2.24, 2.45) is 0 Å². The molecule has 1 heterocycles. The van der Waals surface area contributed by atoms with E-state index in [4.69, 9.17) is 16.3 Å². The molecule has 0 bridgehead atoms. The van der Waals surface area contributed by atoms with Crippen LogP contribution in [-0.4, -0.2) is 48.9 Å². The standard InChI is InChI=1S/C19H20ClN3O3/c1-22-18(25)12-23(19(22)13-6-4-3-5-7-13)17(24)11-21-15-10-14(20)8-9-16(15)26-2/h3-10,19,21H,11-12H2,1-2H3/t19-/m0/s1. The van der Waals surface area contributed by atoms with Gasteiger partial charge < -0.3 is 19.9 Å². The minimum Gasteiger partial charge on any atom is -0.495 e. The fourth-order valence-corrected chi connectivity index (χ4v) is 3.21. The van der Waals surface area contributed by atoms with Crippen LogP contribution >= 0.6 is 11.6 Å². The van der Waals surface area contributed by atoms with Gasteiger partial charge in [0.05, 0.1) is 19.3 Å². The number of hydrogen-bond acceptors (Lipinski definition) is 4. The first kappa shape index (κ1) is 18.1. The minimum atomic E-state index is -0.403. The Morgan fingerprint density at radius 2 is 2.00 bits per heavy atom. The number of methoxy groups -OCH3 is 1. The normalized spacial score (nSPS) is 16.7. The van der Waals surface area contributed by atoms with Crippen LogP contribution in [0.1, 0.15) is 11.7 Å². The number of hydrogen-bond donors (Lipinski definition) is 1. The average molecular weight is 374 g/mol. The number of anilines is 1. The van der Waals surface area contributed by atoms with Crippen molar-refractivity contribution in [3.63, 3.8) is 0 Å². The van der Waals surface area contributed by atoms with Gasteiger partial charge in [0.1, 0.15) is 18.5 Å². The second kappa shape index (κ2) is 7.66. The summed E-state index contributed by atoms with van der Waals surface area (Å²) in [4.78, 5) is 28.1. The highest BCUT2D eigenvalue weighted by Crippen LogP contribution is 2.30. The summed E-state index contributed by atoms with van der Waals surface area (Å²) < 4.78 is 5.27. The summed E-state index contributed by atoms with van der Waals surface area (Å²) in [7, 11) is 3.26. The number of nitrogens with one attached hydrogen (secondary N) is 1. The molecule has 6 nitrogen and oxygen atoms in total. The number of halogens is 1. The first-order valence-electron chi connectivity index (χ1n) is 8.18. The summed E-state index contributed by atoms with van der Waals surface area (Å²) in [5.74, 6) is 0.322. The van der Waals surface area contributed by atoms with E-state index >= 15 is 0 Å². The van der Waals surface area contributed by atoms with E-state index < -0.39 is 6.17 Å². The lowest BCUT2D eigenvalue weighted by Crippen LogP contribution is -2.37. The first-order chi connectivity index (χ1) is 12.5. The third-order valence-electron chi connectivity index (χ3n) is 4.37. The summed E-state index contributed by atoms with van der Waals surface area (Å²) in [6.07, 6.45) is -0.403. The van der Waals surface area contributed by atoms with Gasteiger partial charge in [-0.15, -0.1) is 0 Å². The van der Waals surface area contributed by atoms with Crippen LogP contribution in [-0.2, 0) is 9.59 Å². The van der Waals surface area contributed by atoms with Crippen molar-refractivity contribution in [1.29, 1.82) is 0 Å². The van der Waals surface area contributed by atoms with E-state index in [1.807, 2.05) is 30.3 Å². The third-order valence-corrected chi connectivity index (χ3v) is 4.61. The SMILES string of the molecule is COc1ccc(Cl)cc1NCC(=O)N1CC(=O)N(C)[C@@H]1c1ccccc1. The number of benzene rings is 2. The van der Waals surface area contributed by atoms with E-state index in [9.17, 15) is 9.59 Å². The smallest absolute Gasteiger partial charge is 0.244 e. The topological polar surface area (TPSA) is 61.9 Å². The summed E-state index contributed by atoms with van der Waals surface area (Å²) in [5, 5.41) is 3.59. The molecule has 2 aromatic rings. The Morgan fingerprint density at radius 3 is 2.69 bits per heavy atom. The number of carbonyl (C=O) groups excluding carboxylic acids is 2. The lowest BCUT2D eigenvalue weighted by molar-refractivity contribution is -0.131. The molecule has 0 unspecified atom stereocenters. The first-order valence-corrected chi connectivity index (χ1v) is 8.56. The van der Waals surface area contributed by atoms with Crippen molar-refractivity contribution >= 4 is 29.1 Å². The molecule has 0 spiro atoms. The van der Waals surface area contributed by atoms with Crippen LogP contribution in [0.4, 0.5) is 5.69 Å². The lowest BCUT2D eigenvalue weighted by Gasteiger charge is -2.28. The summed E-state index contributed by atoms with van der Waals surface area (Å²) >= 11 is 6.02. The Kier molecular flexibility index (Phi) is 5.32. The van der Waals surface area contributed by atoms with Crippen LogP contribution in [0.15, 0.2) is 48.5 Å². The van der Waals surface area contributed by atoms with Crippen LogP contribution in [0.25, 0.3) is 0 Å². The number of amides is 2. The molecule has 2 aromatic carbocycles. The van der Waals surface area contributed by atoms with E-state index in [2.05, 4.69) is 5.32 Å². The van der Waals surface area contributed by atoms with Crippen LogP contribution in [0.5, 0.6) is 5.75 Å². The maximum atomic E-state index is 12.8. The largest absolute Gasteiger partial charge is 0.495 e. The molecule has 3 rings (SSSR count). The van der Waals surface area contributed by atoms with Crippen molar-refractivity contribution in [2.75, 3.05) is 32.6 Å². The zero-order chi connectivity index (χ0) is 18.7. The molecule has 0 aliphatic carbocycles. The highest BCUT2D eigenvalue weighted by atomic mass is 35.5. The Labute approximate surface area is 157 Å². The lowest BCUT2D eigenvalue weighted by atomic mass is 10.1. The highest BCUT2D eigenvalue weighted by Gasteiger charge is 2.38. The van der Waals surface area contributed by atoms with Crippen molar-refractivity contribution < 1.29 is 14.3 Å². The molecule has 26 heavy (non-hydrogen) atoms. The van der Waals surface area contributed by atoms with Gasteiger partial charge in [0.15, 0.2) is 0 Å². The zero-order valence-corrected chi connectivity index (χ0v) is 15.4. The summed E-state index contributed by atoms with van der Waals surface area (Å²) in [6, 6.07) is 14.7. The highest BCUT2D eigenvalue weighted by molar-refractivity contribution is 6.30. The minimum absolute atomic E-state index is 0.0289. The maximum Gasteiger partial charge on any atom is 0.244 e. The van der Waals surface area contributed by atoms with Gasteiger partial charge in [0.2, 0.25) is 11.8 Å². The molecule has 0 aromatic heterocycles. The predicted molar refractivity (Wildman–Crippen MR) is 100 cm³/mol. The Morgan fingerprint density at radius 1 is 1.27 bits per heavy atom. The molecule has 0 saturated carbocycles. The number of carbonyl (C=O) groups is 2. The maximum absolute atomic E-state index is 12.8. The zero-order valence-electron chi connectivity index (χ0n) is 14.6. The van der Waals surface area contributed by atoms with Crippen molar-refractivity contribution in [2.45, 2.75) is 6.17 Å². The van der Waals surface area contributed by atoms with E-state index in [1.165, 1.54) is 0 Å². The second-order valence-electron chi connectivity index (χ2n) is 6.01. The summed E-state index contributed by atoms with van der Waals surface area (Å²) in [6.45, 7) is 0.0877. The van der Waals surface area contributed by atoms with Gasteiger partial charge in [-0.2, -0.15) is 0 Å². The molecule has 2 amide bonds. The fourth-order valence-electron chi connectivity index (χ4n) is 3.03. The predicted octanol–water partition coefficient (Wildman–Crippen LogP) is 2.76. The van der Waals surface area contributed by atoms with E-state index in [1.54, 1.807) is 42.2 Å². The fraction of sp³-hybridized carbons (Fsp3) is 0.263. The van der Waals surface area contributed by atoms with E-state index in [0.29, 0.717) is 16.5 Å². The van der Waals surface area contributed by atoms with Crippen LogP contribution in [0, 0.1) is 0 Å². The molecule has 136 valence electrons. The van der Waals surface area contributed by atoms with Crippen LogP contribution in [0.3, 0.4) is 0 Å². The van der Waals surface area contributed by atoms with Gasteiger partial charge in [-0.25, -0.2) is 0 Å². The van der Waals surface area contributed by atoms with Crippen molar-refractivity contribution in [3.8, 4) is 5.75 Å². The Balaban J connectivity index is 1.76. The van der Waals surface area contributed by atoms with Gasteiger partial charge in [0, 0.05) is 12.1 Å². The van der Waals surface area contributed by atoms with Gasteiger partial charge in [-0.3, -0.25) is 9.59 Å². The van der Waals surface area contributed by atoms with Gasteiger partial charge >= 0.3 is 0 Å². The second-order valence-corrected chi connectivity index (χ2v) is 6.45. The van der Waals surface area contributed by atoms with Crippen molar-refractivity contribution in [1.82, 2.24) is 9.80 Å². The van der Waals surface area contributed by atoms with Crippen LogP contribution in [0.2, 0.25) is 5.02 Å². The third kappa shape index (κ3) is 3.60.